The van der Waals surface area contributed by atoms with Gasteiger partial charge in [-0.1, -0.05) is 0 Å². The quantitative estimate of drug-likeness (QED) is 0.655. The number of sulfonamides is 1. The normalized spacial score (nSPS) is 11.5. The van der Waals surface area contributed by atoms with Crippen molar-refractivity contribution in [1.29, 1.82) is 0 Å². The first-order chi connectivity index (χ1) is 13.3. The second kappa shape index (κ2) is 7.83. The Labute approximate surface area is 161 Å². The Bertz CT molecular complexity index is 1170. The smallest absolute Gasteiger partial charge is 0.248 e. The van der Waals surface area contributed by atoms with E-state index in [2.05, 4.69) is 10.3 Å². The molecule has 3 rings (SSSR count). The van der Waals surface area contributed by atoms with Crippen molar-refractivity contribution in [2.75, 3.05) is 26.0 Å². The number of anilines is 1. The van der Waals surface area contributed by atoms with Gasteiger partial charge >= 0.3 is 0 Å². The lowest BCUT2D eigenvalue weighted by Crippen LogP contribution is -2.35. The molecule has 1 heterocycles. The van der Waals surface area contributed by atoms with E-state index in [0.717, 1.165) is 4.31 Å². The molecular weight excluding hydrogens is 382 g/mol. The van der Waals surface area contributed by atoms with Crippen molar-refractivity contribution in [3.8, 4) is 5.75 Å². The molecule has 3 aromatic rings. The minimum Gasteiger partial charge on any atom is -0.497 e. The summed E-state index contributed by atoms with van der Waals surface area (Å²) in [7, 11) is -1.01. The Kier molecular flexibility index (Phi) is 5.48. The molecule has 0 atom stereocenters. The van der Waals surface area contributed by atoms with Crippen LogP contribution in [0.2, 0.25) is 0 Å². The minimum atomic E-state index is -3.88. The second-order valence-corrected chi connectivity index (χ2v) is 8.15. The number of carbonyl (C=O) groups is 1. The fraction of sp³-hybridized carbons (Fsp3) is 0.158. The van der Waals surface area contributed by atoms with Crippen LogP contribution in [0.4, 0.5) is 5.69 Å². The third-order valence-electron chi connectivity index (χ3n) is 4.14. The molecule has 0 bridgehead atoms. The monoisotopic (exact) mass is 401 g/mol. The van der Waals surface area contributed by atoms with E-state index in [1.807, 2.05) is 0 Å². The highest BCUT2D eigenvalue weighted by Crippen LogP contribution is 2.20. The number of hydrogen-bond donors (Lipinski definition) is 2. The van der Waals surface area contributed by atoms with Crippen molar-refractivity contribution in [3.05, 3.63) is 65.0 Å². The number of ether oxygens (including phenoxy) is 1. The molecule has 0 spiro atoms. The lowest BCUT2D eigenvalue weighted by Gasteiger charge is -2.17. The van der Waals surface area contributed by atoms with E-state index in [0.29, 0.717) is 22.3 Å². The predicted octanol–water partition coefficient (Wildman–Crippen LogP) is 1.80. The Morgan fingerprint density at radius 3 is 2.50 bits per heavy atom. The number of pyridine rings is 1. The number of methoxy groups -OCH3 is 1. The molecule has 2 N–H and O–H groups in total. The number of hydrogen-bond acceptors (Lipinski definition) is 5. The zero-order valence-corrected chi connectivity index (χ0v) is 16.1. The summed E-state index contributed by atoms with van der Waals surface area (Å²) in [5.74, 6) is 0.178. The topological polar surface area (TPSA) is 109 Å². The second-order valence-electron chi connectivity index (χ2n) is 6.11. The number of benzene rings is 2. The summed E-state index contributed by atoms with van der Waals surface area (Å²) in [5, 5.41) is 3.22. The van der Waals surface area contributed by atoms with Crippen LogP contribution in [0.25, 0.3) is 10.9 Å². The van der Waals surface area contributed by atoms with Crippen LogP contribution in [0.1, 0.15) is 0 Å². The number of fused-ring (bicyclic) bond motifs is 1. The van der Waals surface area contributed by atoms with Gasteiger partial charge in [0.05, 0.1) is 18.6 Å². The van der Waals surface area contributed by atoms with Crippen LogP contribution in [-0.2, 0) is 14.8 Å². The molecule has 1 amide bonds. The largest absolute Gasteiger partial charge is 0.497 e. The number of likely N-dealkylation sites (N-methyl/N-ethyl adjacent to an activating group) is 1. The van der Waals surface area contributed by atoms with Gasteiger partial charge in [-0.25, -0.2) is 8.42 Å². The van der Waals surface area contributed by atoms with Gasteiger partial charge in [0.15, 0.2) is 0 Å². The van der Waals surface area contributed by atoms with Gasteiger partial charge in [-0.3, -0.25) is 9.59 Å². The molecule has 28 heavy (non-hydrogen) atoms. The average molecular weight is 401 g/mol. The number of rotatable bonds is 6. The average Bonchev–Trinajstić information content (AvgIpc) is 2.67. The van der Waals surface area contributed by atoms with E-state index in [4.69, 9.17) is 4.74 Å². The van der Waals surface area contributed by atoms with Gasteiger partial charge in [-0.2, -0.15) is 4.31 Å². The number of nitrogens with one attached hydrogen (secondary N) is 2. The van der Waals surface area contributed by atoms with Gasteiger partial charge in [-0.05, 0) is 53.9 Å². The molecule has 0 radical (unpaired) electrons. The molecule has 0 saturated carbocycles. The van der Waals surface area contributed by atoms with Crippen LogP contribution in [-0.4, -0.2) is 44.3 Å². The SMILES string of the molecule is COc1ccc(NC(=O)CN(C)S(=O)(=O)c2ccc3[nH]c(=O)ccc3c2)cc1. The third-order valence-corrected chi connectivity index (χ3v) is 5.94. The van der Waals surface area contributed by atoms with Crippen molar-refractivity contribution >= 4 is 32.5 Å². The zero-order valence-electron chi connectivity index (χ0n) is 15.3. The van der Waals surface area contributed by atoms with Crippen LogP contribution in [0, 0.1) is 0 Å². The summed E-state index contributed by atoms with van der Waals surface area (Å²) in [6.45, 7) is -0.349. The Morgan fingerprint density at radius 1 is 1.11 bits per heavy atom. The molecule has 9 heteroatoms. The van der Waals surface area contributed by atoms with Crippen molar-refractivity contribution in [2.24, 2.45) is 0 Å². The molecule has 8 nitrogen and oxygen atoms in total. The molecule has 0 unspecified atom stereocenters. The van der Waals surface area contributed by atoms with Crippen molar-refractivity contribution in [3.63, 3.8) is 0 Å². The van der Waals surface area contributed by atoms with Crippen LogP contribution in [0.3, 0.4) is 0 Å². The van der Waals surface area contributed by atoms with E-state index in [-0.39, 0.29) is 17.0 Å². The fourth-order valence-electron chi connectivity index (χ4n) is 2.63. The maximum Gasteiger partial charge on any atom is 0.248 e. The predicted molar refractivity (Wildman–Crippen MR) is 106 cm³/mol. The molecule has 0 aliphatic rings. The van der Waals surface area contributed by atoms with Gasteiger partial charge in [-0.15, -0.1) is 0 Å². The van der Waals surface area contributed by atoms with Crippen LogP contribution >= 0.6 is 0 Å². The van der Waals surface area contributed by atoms with Crippen molar-refractivity contribution in [2.45, 2.75) is 4.90 Å². The lowest BCUT2D eigenvalue weighted by atomic mass is 10.2. The van der Waals surface area contributed by atoms with E-state index < -0.39 is 15.9 Å². The van der Waals surface area contributed by atoms with Crippen LogP contribution < -0.4 is 15.6 Å². The molecule has 1 aromatic heterocycles. The van der Waals surface area contributed by atoms with E-state index in [1.54, 1.807) is 30.3 Å². The van der Waals surface area contributed by atoms with Crippen LogP contribution in [0.15, 0.2) is 64.3 Å². The molecule has 0 saturated heterocycles. The maximum atomic E-state index is 12.8. The number of aromatic nitrogens is 1. The molecule has 2 aromatic carbocycles. The van der Waals surface area contributed by atoms with Gasteiger partial charge in [0.2, 0.25) is 21.5 Å². The Hall–Kier alpha value is -3.17. The number of carbonyl (C=O) groups excluding carboxylic acids is 1. The molecule has 0 fully saturated rings. The van der Waals surface area contributed by atoms with Gasteiger partial charge in [0.25, 0.3) is 0 Å². The zero-order chi connectivity index (χ0) is 20.3. The van der Waals surface area contributed by atoms with Crippen molar-refractivity contribution < 1.29 is 17.9 Å². The standard InChI is InChI=1S/C19H19N3O5S/c1-22(12-19(24)20-14-4-6-15(27-2)7-5-14)28(25,26)16-8-9-17-13(11-16)3-10-18(23)21-17/h3-11H,12H2,1-2H3,(H,20,24)(H,21,23). The number of nitrogens with zero attached hydrogens (tertiary/aromatic N) is 1. The Morgan fingerprint density at radius 2 is 1.82 bits per heavy atom. The van der Waals surface area contributed by atoms with Crippen molar-refractivity contribution in [1.82, 2.24) is 9.29 Å². The number of H-pyrrole nitrogens is 1. The first kappa shape index (κ1) is 19.6. The van der Waals surface area contributed by atoms with Gasteiger partial charge < -0.3 is 15.0 Å². The maximum absolute atomic E-state index is 12.8. The van der Waals surface area contributed by atoms with Crippen LogP contribution in [0.5, 0.6) is 5.75 Å². The summed E-state index contributed by atoms with van der Waals surface area (Å²) >= 11 is 0. The van der Waals surface area contributed by atoms with E-state index in [1.165, 1.54) is 38.4 Å². The minimum absolute atomic E-state index is 0.0341. The Balaban J connectivity index is 1.74. The lowest BCUT2D eigenvalue weighted by molar-refractivity contribution is -0.116. The van der Waals surface area contributed by atoms with E-state index >= 15 is 0 Å². The summed E-state index contributed by atoms with van der Waals surface area (Å²) in [4.78, 5) is 26.2. The summed E-state index contributed by atoms with van der Waals surface area (Å²) in [6.07, 6.45) is 0. The first-order valence-electron chi connectivity index (χ1n) is 8.33. The third kappa shape index (κ3) is 4.21. The molecule has 0 aliphatic carbocycles. The first-order valence-corrected chi connectivity index (χ1v) is 9.77. The summed E-state index contributed by atoms with van der Waals surface area (Å²) in [5.41, 5.74) is 0.799. The van der Waals surface area contributed by atoms with E-state index in [9.17, 15) is 18.0 Å². The highest BCUT2D eigenvalue weighted by Gasteiger charge is 2.23. The molecule has 146 valence electrons. The molecular formula is C19H19N3O5S. The highest BCUT2D eigenvalue weighted by molar-refractivity contribution is 7.89. The number of aromatic amines is 1. The highest BCUT2D eigenvalue weighted by atomic mass is 32.2. The number of amides is 1. The summed E-state index contributed by atoms with van der Waals surface area (Å²) in [6, 6.07) is 13.9. The fourth-order valence-corrected chi connectivity index (χ4v) is 3.80. The van der Waals surface area contributed by atoms with Gasteiger partial charge in [0.1, 0.15) is 5.75 Å². The summed E-state index contributed by atoms with van der Waals surface area (Å²) < 4.78 is 31.6. The van der Waals surface area contributed by atoms with Gasteiger partial charge in [0, 0.05) is 24.3 Å². The molecule has 0 aliphatic heterocycles.